The zero-order chi connectivity index (χ0) is 33.0. The van der Waals surface area contributed by atoms with Crippen LogP contribution < -0.4 is 0 Å². The maximum Gasteiger partial charge on any atom is 0.322 e. The van der Waals surface area contributed by atoms with Gasteiger partial charge in [0.1, 0.15) is 23.0 Å². The molecule has 0 aromatic heterocycles. The molecule has 2 N–H and O–H groups in total. The summed E-state index contributed by atoms with van der Waals surface area (Å²) in [7, 11) is 0. The Bertz CT molecular complexity index is 786. The molecule has 3 atom stereocenters. The van der Waals surface area contributed by atoms with Crippen LogP contribution in [0, 0.1) is 10.8 Å². The molecule has 0 amide bonds. The lowest BCUT2D eigenvalue weighted by atomic mass is 9.91. The standard InChI is InChI=1S/C29H52Br2O12/c1-8-9-36-10-11-37-12-13-38-14-15-39-16-17-40-19-28(6,18-32)20-41-25(35)29(7,21-42-23(33)26(2,3)30)22-43-24(34)27(4,5)31/h8,23,32-33H,1,9-22H2,2-7H3. The van der Waals surface area contributed by atoms with Crippen LogP contribution in [0.25, 0.3) is 0 Å². The van der Waals surface area contributed by atoms with Crippen LogP contribution in [-0.4, -0.2) is 130 Å². The van der Waals surface area contributed by atoms with E-state index in [4.69, 9.17) is 37.9 Å². The molecule has 14 heteroatoms. The normalized spacial score (nSPS) is 15.8. The van der Waals surface area contributed by atoms with Gasteiger partial charge in [-0.1, -0.05) is 44.9 Å². The molecule has 0 aromatic rings. The number of halogens is 2. The molecule has 0 aromatic carbocycles. The lowest BCUT2D eigenvalue weighted by Gasteiger charge is -2.33. The first-order chi connectivity index (χ1) is 20.0. The number of aliphatic hydroxyl groups excluding tert-OH is 2. The van der Waals surface area contributed by atoms with E-state index in [1.807, 2.05) is 0 Å². The molecule has 0 heterocycles. The maximum absolute atomic E-state index is 13.2. The minimum Gasteiger partial charge on any atom is -0.464 e. The summed E-state index contributed by atoms with van der Waals surface area (Å²) in [6.45, 7) is 16.2. The van der Waals surface area contributed by atoms with E-state index in [0.29, 0.717) is 52.9 Å². The Kier molecular flexibility index (Phi) is 21.6. The van der Waals surface area contributed by atoms with Gasteiger partial charge >= 0.3 is 11.9 Å². The third-order valence-corrected chi connectivity index (χ3v) is 6.47. The van der Waals surface area contributed by atoms with E-state index in [9.17, 15) is 19.8 Å². The van der Waals surface area contributed by atoms with E-state index in [1.54, 1.807) is 40.7 Å². The number of carbonyl (C=O) groups is 2. The second-order valence-corrected chi connectivity index (χ2v) is 15.7. The Balaban J connectivity index is 4.57. The first-order valence-electron chi connectivity index (χ1n) is 14.1. The number of esters is 2. The van der Waals surface area contributed by atoms with E-state index < -0.39 is 37.7 Å². The van der Waals surface area contributed by atoms with E-state index in [-0.39, 0.29) is 39.6 Å². The molecule has 0 radical (unpaired) electrons. The predicted octanol–water partition coefficient (Wildman–Crippen LogP) is 3.03. The molecule has 12 nitrogen and oxygen atoms in total. The first kappa shape index (κ1) is 42.3. The fourth-order valence-electron chi connectivity index (χ4n) is 2.83. The largest absolute Gasteiger partial charge is 0.464 e. The zero-order valence-electron chi connectivity index (χ0n) is 26.5. The van der Waals surface area contributed by atoms with E-state index in [1.165, 1.54) is 6.92 Å². The molecule has 0 aliphatic rings. The van der Waals surface area contributed by atoms with Gasteiger partial charge in [-0.15, -0.1) is 6.58 Å². The van der Waals surface area contributed by atoms with Crippen LogP contribution in [-0.2, 0) is 47.5 Å². The van der Waals surface area contributed by atoms with Gasteiger partial charge in [0, 0.05) is 5.41 Å². The van der Waals surface area contributed by atoms with Crippen LogP contribution in [0.3, 0.4) is 0 Å². The highest BCUT2D eigenvalue weighted by Gasteiger charge is 2.41. The van der Waals surface area contributed by atoms with Crippen molar-refractivity contribution in [3.63, 3.8) is 0 Å². The summed E-state index contributed by atoms with van der Waals surface area (Å²) >= 11 is 6.56. The monoisotopic (exact) mass is 750 g/mol. The molecule has 3 unspecified atom stereocenters. The van der Waals surface area contributed by atoms with Crippen molar-refractivity contribution in [3.05, 3.63) is 12.7 Å². The average Bonchev–Trinajstić information content (AvgIpc) is 2.94. The SMILES string of the molecule is C=CCOCCOCCOCCOCCOCC(C)(CO)COC(=O)C(C)(COC(=O)C(C)(C)Br)COC(O)C(C)(C)Br. The van der Waals surface area contributed by atoms with Gasteiger partial charge in [-0.2, -0.15) is 0 Å². The molecule has 254 valence electrons. The third kappa shape index (κ3) is 20.1. The molecule has 0 saturated heterocycles. The Morgan fingerprint density at radius 2 is 1.19 bits per heavy atom. The summed E-state index contributed by atoms with van der Waals surface area (Å²) in [5.74, 6) is -1.30. The van der Waals surface area contributed by atoms with Gasteiger partial charge in [0.2, 0.25) is 0 Å². The highest BCUT2D eigenvalue weighted by Crippen LogP contribution is 2.28. The van der Waals surface area contributed by atoms with Crippen molar-refractivity contribution in [3.8, 4) is 0 Å². The van der Waals surface area contributed by atoms with Crippen LogP contribution >= 0.6 is 31.9 Å². The summed E-state index contributed by atoms with van der Waals surface area (Å²) < 4.78 is 41.8. The van der Waals surface area contributed by atoms with Crippen LogP contribution in [0.1, 0.15) is 41.5 Å². The van der Waals surface area contributed by atoms with Crippen LogP contribution in [0.4, 0.5) is 0 Å². The van der Waals surface area contributed by atoms with Crippen molar-refractivity contribution in [2.75, 3.05) is 92.5 Å². The van der Waals surface area contributed by atoms with E-state index in [2.05, 4.69) is 38.4 Å². The Labute approximate surface area is 273 Å². The molecule has 0 rings (SSSR count). The second kappa shape index (κ2) is 22.0. The second-order valence-electron chi connectivity index (χ2n) is 11.6. The minimum atomic E-state index is -1.44. The lowest BCUT2D eigenvalue weighted by Crippen LogP contribution is -2.45. The molecule has 0 fully saturated rings. The predicted molar refractivity (Wildman–Crippen MR) is 167 cm³/mol. The number of ether oxygens (including phenoxy) is 8. The van der Waals surface area contributed by atoms with Gasteiger partial charge in [-0.05, 0) is 34.6 Å². The Morgan fingerprint density at radius 3 is 1.63 bits per heavy atom. The van der Waals surface area contributed by atoms with Crippen LogP contribution in [0.5, 0.6) is 0 Å². The van der Waals surface area contributed by atoms with Gasteiger partial charge in [0.05, 0.1) is 83.6 Å². The number of carbonyl (C=O) groups excluding carboxylic acids is 2. The molecule has 0 saturated carbocycles. The van der Waals surface area contributed by atoms with Crippen molar-refractivity contribution in [1.29, 1.82) is 0 Å². The number of aliphatic hydroxyl groups is 2. The highest BCUT2D eigenvalue weighted by molar-refractivity contribution is 9.10. The van der Waals surface area contributed by atoms with Gasteiger partial charge in [0.15, 0.2) is 6.29 Å². The minimum absolute atomic E-state index is 0.0982. The molecule has 0 aliphatic carbocycles. The quantitative estimate of drug-likeness (QED) is 0.0418. The van der Waals surface area contributed by atoms with Crippen molar-refractivity contribution in [2.24, 2.45) is 10.8 Å². The van der Waals surface area contributed by atoms with Crippen molar-refractivity contribution in [2.45, 2.75) is 56.5 Å². The molecular weight excluding hydrogens is 700 g/mol. The molecule has 0 spiro atoms. The summed E-state index contributed by atoms with van der Waals surface area (Å²) in [6.07, 6.45) is 0.432. The summed E-state index contributed by atoms with van der Waals surface area (Å²) in [6, 6.07) is 0. The van der Waals surface area contributed by atoms with Crippen LogP contribution in [0.2, 0.25) is 0 Å². The lowest BCUT2D eigenvalue weighted by molar-refractivity contribution is -0.184. The van der Waals surface area contributed by atoms with Gasteiger partial charge in [-0.25, -0.2) is 0 Å². The maximum atomic E-state index is 13.2. The smallest absolute Gasteiger partial charge is 0.322 e. The van der Waals surface area contributed by atoms with E-state index >= 15 is 0 Å². The Morgan fingerprint density at radius 1 is 0.721 bits per heavy atom. The molecule has 43 heavy (non-hydrogen) atoms. The summed E-state index contributed by atoms with van der Waals surface area (Å²) in [5, 5.41) is 20.3. The van der Waals surface area contributed by atoms with E-state index in [0.717, 1.165) is 0 Å². The number of alkyl halides is 2. The number of hydrogen-bond acceptors (Lipinski definition) is 12. The van der Waals surface area contributed by atoms with Gasteiger partial charge in [0.25, 0.3) is 0 Å². The van der Waals surface area contributed by atoms with Gasteiger partial charge in [-0.3, -0.25) is 9.59 Å². The van der Waals surface area contributed by atoms with Crippen molar-refractivity contribution < 1.29 is 57.7 Å². The highest BCUT2D eigenvalue weighted by atomic mass is 79.9. The van der Waals surface area contributed by atoms with Gasteiger partial charge < -0.3 is 48.1 Å². The van der Waals surface area contributed by atoms with Crippen molar-refractivity contribution in [1.82, 2.24) is 0 Å². The number of rotatable bonds is 27. The fraction of sp³-hybridized carbons (Fsp3) is 0.862. The fourth-order valence-corrected chi connectivity index (χ4v) is 3.07. The topological polar surface area (TPSA) is 148 Å². The van der Waals surface area contributed by atoms with Crippen molar-refractivity contribution >= 4 is 43.8 Å². The summed E-state index contributed by atoms with van der Waals surface area (Å²) in [4.78, 5) is 25.5. The Hall–Kier alpha value is -0.680. The third-order valence-electron chi connectivity index (χ3n) is 5.75. The average molecular weight is 753 g/mol. The summed E-state index contributed by atoms with van der Waals surface area (Å²) in [5.41, 5.74) is -2.34. The van der Waals surface area contributed by atoms with Crippen LogP contribution in [0.15, 0.2) is 12.7 Å². The molecule has 0 bridgehead atoms. The first-order valence-corrected chi connectivity index (χ1v) is 15.7. The molecule has 0 aliphatic heterocycles. The number of hydrogen-bond donors (Lipinski definition) is 2. The zero-order valence-corrected chi connectivity index (χ0v) is 29.7. The molecular formula is C29H52Br2O12.